The molecule has 0 spiro atoms. The van der Waals surface area contributed by atoms with E-state index in [0.717, 1.165) is 35.9 Å². The van der Waals surface area contributed by atoms with Gasteiger partial charge in [0.1, 0.15) is 11.4 Å². The summed E-state index contributed by atoms with van der Waals surface area (Å²) >= 11 is 6.14. The van der Waals surface area contributed by atoms with Crippen LogP contribution in [0.3, 0.4) is 0 Å². The third kappa shape index (κ3) is 4.14. The number of hydrogen-bond acceptors (Lipinski definition) is 4. The fraction of sp³-hybridized carbons (Fsp3) is 0.304. The molecule has 3 aromatic rings. The van der Waals surface area contributed by atoms with Gasteiger partial charge in [0, 0.05) is 31.2 Å². The van der Waals surface area contributed by atoms with Crippen molar-refractivity contribution in [3.8, 4) is 11.4 Å². The lowest BCUT2D eigenvalue weighted by Crippen LogP contribution is -2.49. The minimum absolute atomic E-state index is 0.0201. The number of aromatic nitrogens is 2. The number of piperazine rings is 1. The molecule has 1 saturated heterocycles. The topological polar surface area (TPSA) is 50.6 Å². The Morgan fingerprint density at radius 1 is 1.07 bits per heavy atom. The van der Waals surface area contributed by atoms with Gasteiger partial charge in [-0.3, -0.25) is 4.79 Å². The zero-order chi connectivity index (χ0) is 21.1. The summed E-state index contributed by atoms with van der Waals surface area (Å²) < 4.78 is 7.45. The normalized spacial score (nSPS) is 14.1. The van der Waals surface area contributed by atoms with Crippen LogP contribution in [0.25, 0.3) is 5.69 Å². The van der Waals surface area contributed by atoms with Crippen molar-refractivity contribution in [3.05, 3.63) is 71.0 Å². The SMILES string of the molecule is CCOc1ccccc1N1CCN(C(=O)c2cc(C)nn2-c2cccc(Cl)c2)CC1. The number of benzene rings is 2. The van der Waals surface area contributed by atoms with Gasteiger partial charge in [0.25, 0.3) is 5.91 Å². The van der Waals surface area contributed by atoms with Crippen LogP contribution in [-0.4, -0.2) is 53.4 Å². The first-order chi connectivity index (χ1) is 14.6. The van der Waals surface area contributed by atoms with E-state index in [4.69, 9.17) is 16.3 Å². The maximum Gasteiger partial charge on any atom is 0.272 e. The Morgan fingerprint density at radius 3 is 2.57 bits per heavy atom. The van der Waals surface area contributed by atoms with Crippen molar-refractivity contribution in [3.63, 3.8) is 0 Å². The lowest BCUT2D eigenvalue weighted by Gasteiger charge is -2.36. The van der Waals surface area contributed by atoms with Gasteiger partial charge in [-0.15, -0.1) is 0 Å². The Labute approximate surface area is 181 Å². The van der Waals surface area contributed by atoms with E-state index in [9.17, 15) is 4.79 Å². The smallest absolute Gasteiger partial charge is 0.272 e. The average molecular weight is 425 g/mol. The van der Waals surface area contributed by atoms with E-state index in [1.54, 1.807) is 4.68 Å². The lowest BCUT2D eigenvalue weighted by atomic mass is 10.2. The maximum absolute atomic E-state index is 13.3. The van der Waals surface area contributed by atoms with Gasteiger partial charge in [0.2, 0.25) is 0 Å². The van der Waals surface area contributed by atoms with E-state index >= 15 is 0 Å². The maximum atomic E-state index is 13.3. The number of halogens is 1. The molecule has 30 heavy (non-hydrogen) atoms. The number of amides is 1. The van der Waals surface area contributed by atoms with Crippen LogP contribution < -0.4 is 9.64 Å². The fourth-order valence-corrected chi connectivity index (χ4v) is 3.95. The lowest BCUT2D eigenvalue weighted by molar-refractivity contribution is 0.0737. The van der Waals surface area contributed by atoms with Gasteiger partial charge < -0.3 is 14.5 Å². The second kappa shape index (κ2) is 8.79. The fourth-order valence-electron chi connectivity index (χ4n) is 3.76. The molecule has 7 heteroatoms. The molecule has 4 rings (SSSR count). The quantitative estimate of drug-likeness (QED) is 0.616. The summed E-state index contributed by atoms with van der Waals surface area (Å²) in [5.41, 5.74) is 3.20. The highest BCUT2D eigenvalue weighted by atomic mass is 35.5. The summed E-state index contributed by atoms with van der Waals surface area (Å²) in [5.74, 6) is 0.864. The summed E-state index contributed by atoms with van der Waals surface area (Å²) in [7, 11) is 0. The largest absolute Gasteiger partial charge is 0.492 e. The van der Waals surface area contributed by atoms with Crippen molar-refractivity contribution in [1.29, 1.82) is 0 Å². The zero-order valence-electron chi connectivity index (χ0n) is 17.2. The van der Waals surface area contributed by atoms with Gasteiger partial charge in [0.05, 0.1) is 23.7 Å². The van der Waals surface area contributed by atoms with Crippen LogP contribution in [-0.2, 0) is 0 Å². The van der Waals surface area contributed by atoms with Crippen LogP contribution >= 0.6 is 11.6 Å². The van der Waals surface area contributed by atoms with Crippen LogP contribution in [0.5, 0.6) is 5.75 Å². The minimum Gasteiger partial charge on any atom is -0.492 e. The minimum atomic E-state index is -0.0201. The van der Waals surface area contributed by atoms with Crippen molar-refractivity contribution in [1.82, 2.24) is 14.7 Å². The van der Waals surface area contributed by atoms with Crippen LogP contribution in [0.2, 0.25) is 5.02 Å². The molecule has 0 atom stereocenters. The second-order valence-corrected chi connectivity index (χ2v) is 7.68. The summed E-state index contributed by atoms with van der Waals surface area (Å²) in [5, 5.41) is 5.13. The van der Waals surface area contributed by atoms with E-state index in [1.807, 2.05) is 67.3 Å². The predicted molar refractivity (Wildman–Crippen MR) is 119 cm³/mol. The summed E-state index contributed by atoms with van der Waals surface area (Å²) in [6.45, 7) is 7.28. The molecular weight excluding hydrogens is 400 g/mol. The Balaban J connectivity index is 1.51. The number of hydrogen-bond donors (Lipinski definition) is 0. The predicted octanol–water partition coefficient (Wildman–Crippen LogP) is 4.20. The first-order valence-corrected chi connectivity index (χ1v) is 10.5. The first-order valence-electron chi connectivity index (χ1n) is 10.2. The molecule has 0 N–H and O–H groups in total. The van der Waals surface area contributed by atoms with E-state index < -0.39 is 0 Å². The molecule has 1 aliphatic heterocycles. The highest BCUT2D eigenvalue weighted by Gasteiger charge is 2.26. The highest BCUT2D eigenvalue weighted by molar-refractivity contribution is 6.30. The van der Waals surface area contributed by atoms with Crippen molar-refractivity contribution in [2.24, 2.45) is 0 Å². The van der Waals surface area contributed by atoms with Crippen LogP contribution in [0.15, 0.2) is 54.6 Å². The molecular formula is C23H25ClN4O2. The average Bonchev–Trinajstić information content (AvgIpc) is 3.16. The Bertz CT molecular complexity index is 1040. The summed E-state index contributed by atoms with van der Waals surface area (Å²) in [4.78, 5) is 17.5. The molecule has 0 unspecified atom stereocenters. The monoisotopic (exact) mass is 424 g/mol. The van der Waals surface area contributed by atoms with Crippen LogP contribution in [0.1, 0.15) is 23.1 Å². The number of carbonyl (C=O) groups is 1. The highest BCUT2D eigenvalue weighted by Crippen LogP contribution is 2.29. The number of ether oxygens (including phenoxy) is 1. The second-order valence-electron chi connectivity index (χ2n) is 7.24. The van der Waals surface area contributed by atoms with Gasteiger partial charge >= 0.3 is 0 Å². The Hall–Kier alpha value is -2.99. The molecule has 1 aromatic heterocycles. The number of nitrogens with zero attached hydrogens (tertiary/aromatic N) is 4. The molecule has 1 aliphatic rings. The van der Waals surface area contributed by atoms with Crippen molar-refractivity contribution < 1.29 is 9.53 Å². The van der Waals surface area contributed by atoms with Crippen molar-refractivity contribution in [2.45, 2.75) is 13.8 Å². The Kier molecular flexibility index (Phi) is 5.95. The number of rotatable bonds is 5. The molecule has 0 bridgehead atoms. The van der Waals surface area contributed by atoms with Gasteiger partial charge in [-0.2, -0.15) is 5.10 Å². The molecule has 0 radical (unpaired) electrons. The van der Waals surface area contributed by atoms with Gasteiger partial charge in [-0.1, -0.05) is 29.8 Å². The molecule has 0 saturated carbocycles. The van der Waals surface area contributed by atoms with Crippen molar-refractivity contribution in [2.75, 3.05) is 37.7 Å². The summed E-state index contributed by atoms with van der Waals surface area (Å²) in [6, 6.07) is 17.3. The molecule has 2 heterocycles. The number of anilines is 1. The van der Waals surface area contributed by atoms with E-state index in [1.165, 1.54) is 0 Å². The number of aryl methyl sites for hydroxylation is 1. The van der Waals surface area contributed by atoms with Crippen molar-refractivity contribution >= 4 is 23.2 Å². The third-order valence-corrected chi connectivity index (χ3v) is 5.41. The summed E-state index contributed by atoms with van der Waals surface area (Å²) in [6.07, 6.45) is 0. The molecule has 156 valence electrons. The first kappa shape index (κ1) is 20.3. The number of carbonyl (C=O) groups excluding carboxylic acids is 1. The Morgan fingerprint density at radius 2 is 1.83 bits per heavy atom. The van der Waals surface area contributed by atoms with Crippen LogP contribution in [0, 0.1) is 6.92 Å². The van der Waals surface area contributed by atoms with E-state index in [0.29, 0.717) is 30.4 Å². The van der Waals surface area contributed by atoms with Gasteiger partial charge in [-0.25, -0.2) is 4.68 Å². The molecule has 0 aliphatic carbocycles. The van der Waals surface area contributed by atoms with E-state index in [-0.39, 0.29) is 5.91 Å². The standard InChI is InChI=1S/C23H25ClN4O2/c1-3-30-22-10-5-4-9-20(22)26-11-13-27(14-12-26)23(29)21-15-17(2)25-28(21)19-8-6-7-18(24)16-19/h4-10,15-16H,3,11-14H2,1-2H3. The van der Waals surface area contributed by atoms with Gasteiger partial charge in [0.15, 0.2) is 0 Å². The van der Waals surface area contributed by atoms with Gasteiger partial charge in [-0.05, 0) is 50.2 Å². The molecule has 1 amide bonds. The number of para-hydroxylation sites is 2. The zero-order valence-corrected chi connectivity index (χ0v) is 18.0. The molecule has 1 fully saturated rings. The third-order valence-electron chi connectivity index (χ3n) is 5.18. The molecule has 2 aromatic carbocycles. The molecule has 6 nitrogen and oxygen atoms in total. The van der Waals surface area contributed by atoms with Crippen LogP contribution in [0.4, 0.5) is 5.69 Å². The van der Waals surface area contributed by atoms with E-state index in [2.05, 4.69) is 16.1 Å².